The number of nitrogens with zero attached hydrogens (tertiary/aromatic N) is 1. The quantitative estimate of drug-likeness (QED) is 0.551. The van der Waals surface area contributed by atoms with Crippen LogP contribution in [-0.4, -0.2) is 18.8 Å². The van der Waals surface area contributed by atoms with E-state index in [1.165, 1.54) is 0 Å². The molecule has 0 aliphatic carbocycles. The van der Waals surface area contributed by atoms with Crippen LogP contribution in [0.2, 0.25) is 0 Å². The van der Waals surface area contributed by atoms with Crippen LogP contribution in [0.25, 0.3) is 6.08 Å². The minimum atomic E-state index is -0.461. The van der Waals surface area contributed by atoms with E-state index < -0.39 is 5.97 Å². The lowest BCUT2D eigenvalue weighted by Gasteiger charge is -2.14. The van der Waals surface area contributed by atoms with Crippen LogP contribution in [0.15, 0.2) is 57.7 Å². The van der Waals surface area contributed by atoms with E-state index in [1.54, 1.807) is 26.2 Å². The van der Waals surface area contributed by atoms with E-state index in [-0.39, 0.29) is 0 Å². The van der Waals surface area contributed by atoms with E-state index in [4.69, 9.17) is 9.47 Å². The van der Waals surface area contributed by atoms with Gasteiger partial charge in [0.15, 0.2) is 11.5 Å². The monoisotopic (exact) mass is 401 g/mol. The van der Waals surface area contributed by atoms with Crippen molar-refractivity contribution in [1.82, 2.24) is 0 Å². The van der Waals surface area contributed by atoms with E-state index in [0.29, 0.717) is 29.4 Å². The Morgan fingerprint density at radius 2 is 2.00 bits per heavy atom. The number of oxime groups is 1. The molecule has 0 atom stereocenters. The van der Waals surface area contributed by atoms with Crippen molar-refractivity contribution >= 4 is 33.7 Å². The molecule has 2 aromatic carbocycles. The van der Waals surface area contributed by atoms with Crippen molar-refractivity contribution < 1.29 is 19.1 Å². The van der Waals surface area contributed by atoms with Crippen LogP contribution in [0.5, 0.6) is 11.5 Å². The van der Waals surface area contributed by atoms with Gasteiger partial charge in [0.1, 0.15) is 6.61 Å². The Hall–Kier alpha value is -2.60. The molecule has 2 aromatic rings. The highest BCUT2D eigenvalue weighted by Crippen LogP contribution is 2.38. The summed E-state index contributed by atoms with van der Waals surface area (Å²) in [7, 11) is 1.57. The third kappa shape index (κ3) is 3.91. The largest absolute Gasteiger partial charge is 0.493 e. The molecule has 5 nitrogen and oxygen atoms in total. The molecule has 0 spiro atoms. The predicted molar refractivity (Wildman–Crippen MR) is 98.6 cm³/mol. The first-order valence-corrected chi connectivity index (χ1v) is 8.40. The Balaban J connectivity index is 1.87. The number of rotatable bonds is 5. The number of hydrogen-bond acceptors (Lipinski definition) is 5. The molecule has 0 saturated heterocycles. The van der Waals surface area contributed by atoms with Crippen LogP contribution in [0.1, 0.15) is 18.1 Å². The average Bonchev–Trinajstić information content (AvgIpc) is 2.93. The maximum Gasteiger partial charge on any atom is 0.367 e. The zero-order valence-electron chi connectivity index (χ0n) is 13.8. The van der Waals surface area contributed by atoms with Crippen LogP contribution < -0.4 is 9.47 Å². The first-order valence-electron chi connectivity index (χ1n) is 7.60. The second-order valence-electron chi connectivity index (χ2n) is 5.42. The molecule has 3 rings (SSSR count). The summed E-state index contributed by atoms with van der Waals surface area (Å²) in [4.78, 5) is 16.3. The average molecular weight is 402 g/mol. The van der Waals surface area contributed by atoms with Crippen LogP contribution in [-0.2, 0) is 16.2 Å². The first kappa shape index (κ1) is 17.2. The number of halogens is 1. The van der Waals surface area contributed by atoms with Crippen molar-refractivity contribution in [3.63, 3.8) is 0 Å². The topological polar surface area (TPSA) is 57.1 Å². The fourth-order valence-electron chi connectivity index (χ4n) is 2.38. The van der Waals surface area contributed by atoms with Gasteiger partial charge in [-0.15, -0.1) is 0 Å². The zero-order chi connectivity index (χ0) is 17.8. The summed E-state index contributed by atoms with van der Waals surface area (Å²) in [6, 6.07) is 13.5. The second kappa shape index (κ2) is 7.53. The number of ether oxygens (including phenoxy) is 2. The Bertz CT molecular complexity index is 859. The van der Waals surface area contributed by atoms with Gasteiger partial charge in [0.2, 0.25) is 0 Å². The maximum atomic E-state index is 11.7. The molecule has 0 bridgehead atoms. The number of carbonyl (C=O) groups excluding carboxylic acids is 1. The fraction of sp³-hybridized carbons (Fsp3) is 0.158. The second-order valence-corrected chi connectivity index (χ2v) is 6.28. The van der Waals surface area contributed by atoms with E-state index in [1.807, 2.05) is 36.4 Å². The molecule has 0 amide bonds. The van der Waals surface area contributed by atoms with Gasteiger partial charge in [0.05, 0.1) is 22.9 Å². The van der Waals surface area contributed by atoms with Crippen molar-refractivity contribution in [2.45, 2.75) is 13.5 Å². The van der Waals surface area contributed by atoms with Gasteiger partial charge in [-0.25, -0.2) is 4.79 Å². The molecule has 6 heteroatoms. The normalized spacial score (nSPS) is 15.1. The Morgan fingerprint density at radius 1 is 1.24 bits per heavy atom. The van der Waals surface area contributed by atoms with Gasteiger partial charge < -0.3 is 14.3 Å². The van der Waals surface area contributed by atoms with Crippen molar-refractivity contribution in [2.24, 2.45) is 5.16 Å². The van der Waals surface area contributed by atoms with E-state index >= 15 is 0 Å². The number of hydrogen-bond donors (Lipinski definition) is 0. The summed E-state index contributed by atoms with van der Waals surface area (Å²) in [5, 5.41) is 3.67. The molecule has 0 fully saturated rings. The fourth-order valence-corrected chi connectivity index (χ4v) is 2.95. The molecule has 0 unspecified atom stereocenters. The van der Waals surface area contributed by atoms with E-state index in [0.717, 1.165) is 15.6 Å². The SMILES string of the molecule is COc1cc(/C=C2\C(=O)ON=C2C)cc(Br)c1OCc1ccccc1. The van der Waals surface area contributed by atoms with Gasteiger partial charge in [-0.3, -0.25) is 0 Å². The van der Waals surface area contributed by atoms with E-state index in [2.05, 4.69) is 25.9 Å². The summed E-state index contributed by atoms with van der Waals surface area (Å²) in [5.41, 5.74) is 2.80. The molecule has 128 valence electrons. The first-order chi connectivity index (χ1) is 12.1. The Labute approximate surface area is 154 Å². The van der Waals surface area contributed by atoms with Crippen LogP contribution >= 0.6 is 15.9 Å². The Kier molecular flexibility index (Phi) is 5.19. The molecule has 25 heavy (non-hydrogen) atoms. The molecular weight excluding hydrogens is 386 g/mol. The molecule has 0 radical (unpaired) electrons. The number of methoxy groups -OCH3 is 1. The summed E-state index contributed by atoms with van der Waals surface area (Å²) >= 11 is 3.51. The lowest BCUT2D eigenvalue weighted by atomic mass is 10.1. The van der Waals surface area contributed by atoms with Gasteiger partial charge in [-0.1, -0.05) is 35.5 Å². The summed E-state index contributed by atoms with van der Waals surface area (Å²) < 4.78 is 12.1. The van der Waals surface area contributed by atoms with Crippen LogP contribution in [0, 0.1) is 0 Å². The minimum Gasteiger partial charge on any atom is -0.493 e. The summed E-state index contributed by atoms with van der Waals surface area (Å²) in [6.45, 7) is 2.15. The molecule has 1 aliphatic heterocycles. The van der Waals surface area contributed by atoms with Crippen molar-refractivity contribution in [2.75, 3.05) is 7.11 Å². The van der Waals surface area contributed by atoms with Gasteiger partial charge in [-0.05, 0) is 52.2 Å². The predicted octanol–water partition coefficient (Wildman–Crippen LogP) is 4.35. The van der Waals surface area contributed by atoms with Crippen molar-refractivity contribution in [3.8, 4) is 11.5 Å². The Morgan fingerprint density at radius 3 is 2.64 bits per heavy atom. The van der Waals surface area contributed by atoms with Gasteiger partial charge in [0, 0.05) is 0 Å². The standard InChI is InChI=1S/C19H16BrNO4/c1-12-15(19(22)25-21-12)8-14-9-16(20)18(17(10-14)23-2)24-11-13-6-4-3-5-7-13/h3-10H,11H2,1-2H3/b15-8-. The molecule has 0 N–H and O–H groups in total. The molecule has 0 saturated carbocycles. The maximum absolute atomic E-state index is 11.7. The molecular formula is C19H16BrNO4. The van der Waals surface area contributed by atoms with Crippen LogP contribution in [0.4, 0.5) is 0 Å². The minimum absolute atomic E-state index is 0.423. The van der Waals surface area contributed by atoms with Crippen LogP contribution in [0.3, 0.4) is 0 Å². The molecule has 1 aliphatic rings. The lowest BCUT2D eigenvalue weighted by molar-refractivity contribution is -0.136. The third-order valence-corrected chi connectivity index (χ3v) is 4.25. The van der Waals surface area contributed by atoms with Crippen molar-refractivity contribution in [1.29, 1.82) is 0 Å². The van der Waals surface area contributed by atoms with Gasteiger partial charge in [0.25, 0.3) is 0 Å². The number of benzene rings is 2. The number of carbonyl (C=O) groups is 1. The molecule has 1 heterocycles. The summed E-state index contributed by atoms with van der Waals surface area (Å²) in [6.07, 6.45) is 1.71. The van der Waals surface area contributed by atoms with Gasteiger partial charge >= 0.3 is 5.97 Å². The van der Waals surface area contributed by atoms with E-state index in [9.17, 15) is 4.79 Å². The zero-order valence-corrected chi connectivity index (χ0v) is 15.4. The molecule has 0 aromatic heterocycles. The summed E-state index contributed by atoms with van der Waals surface area (Å²) in [5.74, 6) is 0.711. The highest BCUT2D eigenvalue weighted by Gasteiger charge is 2.22. The third-order valence-electron chi connectivity index (χ3n) is 3.66. The highest BCUT2D eigenvalue weighted by molar-refractivity contribution is 9.10. The van der Waals surface area contributed by atoms with Gasteiger partial charge in [-0.2, -0.15) is 0 Å². The smallest absolute Gasteiger partial charge is 0.367 e. The highest BCUT2D eigenvalue weighted by atomic mass is 79.9. The van der Waals surface area contributed by atoms with Crippen molar-refractivity contribution in [3.05, 3.63) is 63.6 Å². The lowest BCUT2D eigenvalue weighted by Crippen LogP contribution is -2.02.